The fourth-order valence-corrected chi connectivity index (χ4v) is 4.96. The molecule has 0 saturated heterocycles. The molecule has 0 bridgehead atoms. The summed E-state index contributed by atoms with van der Waals surface area (Å²) in [7, 11) is 0. The Bertz CT molecular complexity index is 717. The van der Waals surface area contributed by atoms with Gasteiger partial charge in [-0.2, -0.15) is 0 Å². The molecule has 186 valence electrons. The van der Waals surface area contributed by atoms with Gasteiger partial charge in [0.15, 0.2) is 0 Å². The summed E-state index contributed by atoms with van der Waals surface area (Å²) in [6.45, 7) is 9.62. The zero-order chi connectivity index (χ0) is 23.7. The van der Waals surface area contributed by atoms with Gasteiger partial charge >= 0.3 is 0 Å². The second-order valence-electron chi connectivity index (χ2n) is 10.3. The van der Waals surface area contributed by atoms with E-state index in [0.29, 0.717) is 5.92 Å². The molecule has 0 aliphatic heterocycles. The third-order valence-corrected chi connectivity index (χ3v) is 7.09. The van der Waals surface area contributed by atoms with Crippen molar-refractivity contribution < 1.29 is 4.74 Å². The number of ether oxygens (including phenoxy) is 1. The predicted molar refractivity (Wildman–Crippen MR) is 147 cm³/mol. The molecule has 0 radical (unpaired) electrons. The molecule has 1 nitrogen and oxygen atoms in total. The van der Waals surface area contributed by atoms with E-state index in [1.807, 2.05) is 0 Å². The van der Waals surface area contributed by atoms with Gasteiger partial charge in [-0.1, -0.05) is 135 Å². The molecule has 0 spiro atoms. The molecule has 2 aliphatic rings. The highest BCUT2D eigenvalue weighted by atomic mass is 16.5. The lowest BCUT2D eigenvalue weighted by molar-refractivity contribution is 0.341. The largest absolute Gasteiger partial charge is 0.493 e. The van der Waals surface area contributed by atoms with Gasteiger partial charge in [0, 0.05) is 5.56 Å². The second kappa shape index (κ2) is 17.0. The first-order valence-corrected chi connectivity index (χ1v) is 14.4. The van der Waals surface area contributed by atoms with Crippen molar-refractivity contribution in [3.05, 3.63) is 41.5 Å². The first-order chi connectivity index (χ1) is 16.2. The minimum absolute atomic E-state index is 0.514. The first-order valence-electron chi connectivity index (χ1n) is 14.4. The highest BCUT2D eigenvalue weighted by Crippen LogP contribution is 2.38. The van der Waals surface area contributed by atoms with Crippen LogP contribution in [-0.4, -0.2) is 6.61 Å². The lowest BCUT2D eigenvalue weighted by Gasteiger charge is -2.10. The zero-order valence-electron chi connectivity index (χ0n) is 22.4. The Morgan fingerprint density at radius 3 is 1.67 bits per heavy atom. The van der Waals surface area contributed by atoms with E-state index < -0.39 is 0 Å². The van der Waals surface area contributed by atoms with Crippen LogP contribution in [0.4, 0.5) is 0 Å². The molecular formula is C32H52O. The van der Waals surface area contributed by atoms with E-state index in [1.165, 1.54) is 125 Å². The highest BCUT2D eigenvalue weighted by molar-refractivity contribution is 5.77. The molecule has 0 aromatic carbocycles. The van der Waals surface area contributed by atoms with Gasteiger partial charge in [0.1, 0.15) is 5.75 Å². The standard InChI is InChI=1S/C32H52O/c1-5-7-8-9-10-11-12-13-14-15-16-17-18-19-20-21-28-22-23-29-24-25-30(27(3)4)26-31(32(28)29)33-6-2/h22-27H,5-21H2,1-4H3. The van der Waals surface area contributed by atoms with E-state index >= 15 is 0 Å². The van der Waals surface area contributed by atoms with Crippen molar-refractivity contribution in [2.75, 3.05) is 6.61 Å². The van der Waals surface area contributed by atoms with Gasteiger partial charge in [0.2, 0.25) is 0 Å². The van der Waals surface area contributed by atoms with Crippen LogP contribution in [0.2, 0.25) is 0 Å². The number of hydrogen-bond donors (Lipinski definition) is 0. The van der Waals surface area contributed by atoms with Crippen LogP contribution in [0, 0.1) is 0 Å². The van der Waals surface area contributed by atoms with E-state index in [1.54, 1.807) is 0 Å². The van der Waals surface area contributed by atoms with E-state index in [-0.39, 0.29) is 0 Å². The maximum absolute atomic E-state index is 6.10. The molecule has 2 rings (SSSR count). The normalized spacial score (nSPS) is 11.5. The fourth-order valence-electron chi connectivity index (χ4n) is 4.96. The summed E-state index contributed by atoms with van der Waals surface area (Å²) in [6.07, 6.45) is 22.5. The topological polar surface area (TPSA) is 9.23 Å². The molecule has 0 saturated carbocycles. The van der Waals surface area contributed by atoms with Gasteiger partial charge in [-0.25, -0.2) is 0 Å². The molecule has 2 aliphatic carbocycles. The SMILES string of the molecule is CCCCCCCCCCCCCCCCCc1ccc2ccc(C(C)C)cc(OCC)c1-2. The third kappa shape index (κ3) is 10.5. The number of fused-ring (bicyclic) bond motifs is 1. The van der Waals surface area contributed by atoms with Gasteiger partial charge in [0.05, 0.1) is 6.61 Å². The third-order valence-electron chi connectivity index (χ3n) is 7.09. The Kier molecular flexibility index (Phi) is 14.3. The molecule has 33 heavy (non-hydrogen) atoms. The highest BCUT2D eigenvalue weighted by Gasteiger charge is 2.15. The number of rotatable bonds is 19. The molecule has 0 fully saturated rings. The van der Waals surface area contributed by atoms with E-state index in [9.17, 15) is 0 Å². The summed E-state index contributed by atoms with van der Waals surface area (Å²) in [5, 5.41) is 0. The Morgan fingerprint density at radius 1 is 0.636 bits per heavy atom. The van der Waals surface area contributed by atoms with Crippen molar-refractivity contribution >= 4 is 0 Å². The first kappa shape index (κ1) is 27.7. The molecular weight excluding hydrogens is 400 g/mol. The van der Waals surface area contributed by atoms with Crippen LogP contribution in [0.5, 0.6) is 5.75 Å². The minimum atomic E-state index is 0.514. The van der Waals surface area contributed by atoms with Crippen LogP contribution >= 0.6 is 0 Å². The molecule has 0 N–H and O–H groups in total. The molecule has 0 unspecified atom stereocenters. The van der Waals surface area contributed by atoms with Crippen LogP contribution in [-0.2, 0) is 6.42 Å². The second-order valence-corrected chi connectivity index (χ2v) is 10.3. The molecule has 0 atom stereocenters. The van der Waals surface area contributed by atoms with Gasteiger partial charge in [0.25, 0.3) is 0 Å². The van der Waals surface area contributed by atoms with Crippen LogP contribution < -0.4 is 4.74 Å². The van der Waals surface area contributed by atoms with Crippen molar-refractivity contribution in [2.45, 2.75) is 136 Å². The van der Waals surface area contributed by atoms with Gasteiger partial charge in [-0.15, -0.1) is 0 Å². The van der Waals surface area contributed by atoms with E-state index in [2.05, 4.69) is 58.0 Å². The van der Waals surface area contributed by atoms with Crippen LogP contribution in [0.1, 0.15) is 141 Å². The summed E-state index contributed by atoms with van der Waals surface area (Å²) < 4.78 is 6.10. The Morgan fingerprint density at radius 2 is 1.15 bits per heavy atom. The predicted octanol–water partition coefficient (Wildman–Crippen LogP) is 10.7. The number of hydrogen-bond acceptors (Lipinski definition) is 1. The summed E-state index contributed by atoms with van der Waals surface area (Å²) in [5.41, 5.74) is 5.48. The monoisotopic (exact) mass is 452 g/mol. The summed E-state index contributed by atoms with van der Waals surface area (Å²) >= 11 is 0. The zero-order valence-corrected chi connectivity index (χ0v) is 22.4. The molecule has 0 heterocycles. The Labute approximate surface area is 206 Å². The minimum Gasteiger partial charge on any atom is -0.493 e. The van der Waals surface area contributed by atoms with E-state index in [4.69, 9.17) is 4.74 Å². The molecule has 0 aromatic rings. The Balaban J connectivity index is 1.62. The smallest absolute Gasteiger partial charge is 0.127 e. The fraction of sp³-hybridized carbons (Fsp3) is 0.688. The lowest BCUT2D eigenvalue weighted by atomic mass is 10.0. The van der Waals surface area contributed by atoms with Crippen LogP contribution in [0.15, 0.2) is 30.3 Å². The van der Waals surface area contributed by atoms with E-state index in [0.717, 1.165) is 12.4 Å². The molecule has 0 aromatic heterocycles. The van der Waals surface area contributed by atoms with Gasteiger partial charge in [-0.05, 0) is 48.4 Å². The van der Waals surface area contributed by atoms with Crippen molar-refractivity contribution in [2.24, 2.45) is 0 Å². The van der Waals surface area contributed by atoms with Gasteiger partial charge in [-0.3, -0.25) is 0 Å². The summed E-state index contributed by atoms with van der Waals surface area (Å²) in [4.78, 5) is 0. The number of unbranched alkanes of at least 4 members (excludes halogenated alkanes) is 14. The average Bonchev–Trinajstić information content (AvgIpc) is 3.11. The van der Waals surface area contributed by atoms with Crippen LogP contribution in [0.3, 0.4) is 0 Å². The molecule has 1 heteroatoms. The Hall–Kier alpha value is -1.50. The van der Waals surface area contributed by atoms with Crippen LogP contribution in [0.25, 0.3) is 11.1 Å². The number of aryl methyl sites for hydroxylation is 1. The maximum Gasteiger partial charge on any atom is 0.127 e. The van der Waals surface area contributed by atoms with Crippen molar-refractivity contribution in [1.82, 2.24) is 0 Å². The van der Waals surface area contributed by atoms with Crippen molar-refractivity contribution in [3.8, 4) is 16.9 Å². The molecule has 0 amide bonds. The van der Waals surface area contributed by atoms with Crippen molar-refractivity contribution in [1.29, 1.82) is 0 Å². The average molecular weight is 453 g/mol. The summed E-state index contributed by atoms with van der Waals surface area (Å²) in [6, 6.07) is 11.4. The maximum atomic E-state index is 6.10. The van der Waals surface area contributed by atoms with Crippen molar-refractivity contribution in [3.63, 3.8) is 0 Å². The quantitative estimate of drug-likeness (QED) is 0.193. The van der Waals surface area contributed by atoms with Gasteiger partial charge < -0.3 is 4.74 Å². The summed E-state index contributed by atoms with van der Waals surface area (Å²) in [5.74, 6) is 1.59. The lowest BCUT2D eigenvalue weighted by Crippen LogP contribution is -1.95.